The van der Waals surface area contributed by atoms with Gasteiger partial charge in [-0.15, -0.1) is 0 Å². The minimum Gasteiger partial charge on any atom is -0.482 e. The van der Waals surface area contributed by atoms with E-state index < -0.39 is 10.0 Å². The van der Waals surface area contributed by atoms with Crippen LogP contribution in [-0.2, 0) is 27.8 Å². The molecular formula is C21H23ClN2O4S. The molecule has 1 amide bonds. The fourth-order valence-corrected chi connectivity index (χ4v) is 5.53. The van der Waals surface area contributed by atoms with E-state index in [1.54, 1.807) is 4.90 Å². The van der Waals surface area contributed by atoms with Crippen LogP contribution >= 0.6 is 11.6 Å². The predicted molar refractivity (Wildman–Crippen MR) is 111 cm³/mol. The largest absolute Gasteiger partial charge is 0.482 e. The maximum Gasteiger partial charge on any atom is 0.260 e. The van der Waals surface area contributed by atoms with Crippen molar-refractivity contribution in [2.75, 3.05) is 26.2 Å². The summed E-state index contributed by atoms with van der Waals surface area (Å²) in [6.07, 6.45) is 2.71. The van der Waals surface area contributed by atoms with Gasteiger partial charge < -0.3 is 9.64 Å². The van der Waals surface area contributed by atoms with Gasteiger partial charge in [-0.3, -0.25) is 4.79 Å². The molecule has 1 fully saturated rings. The Morgan fingerprint density at radius 2 is 1.76 bits per heavy atom. The topological polar surface area (TPSA) is 66.9 Å². The van der Waals surface area contributed by atoms with Gasteiger partial charge in [0.15, 0.2) is 6.61 Å². The molecule has 0 saturated carbocycles. The summed E-state index contributed by atoms with van der Waals surface area (Å²) >= 11 is 6.27. The number of hydrogen-bond donors (Lipinski definition) is 0. The molecule has 4 rings (SSSR count). The first kappa shape index (κ1) is 20.2. The second-order valence-corrected chi connectivity index (χ2v) is 9.67. The number of hydrogen-bond acceptors (Lipinski definition) is 4. The lowest BCUT2D eigenvalue weighted by Gasteiger charge is -2.28. The van der Waals surface area contributed by atoms with E-state index in [0.29, 0.717) is 25.3 Å². The Balaban J connectivity index is 1.46. The van der Waals surface area contributed by atoms with Gasteiger partial charge in [0.05, 0.1) is 9.92 Å². The molecule has 0 aromatic heterocycles. The Morgan fingerprint density at radius 1 is 1.03 bits per heavy atom. The van der Waals surface area contributed by atoms with E-state index in [2.05, 4.69) is 0 Å². The molecule has 8 heteroatoms. The highest BCUT2D eigenvalue weighted by atomic mass is 35.5. The summed E-state index contributed by atoms with van der Waals surface area (Å²) in [5.74, 6) is 0.226. The van der Waals surface area contributed by atoms with Gasteiger partial charge in [-0.1, -0.05) is 35.9 Å². The fourth-order valence-electron chi connectivity index (χ4n) is 3.78. The molecule has 2 aliphatic heterocycles. The number of carbonyl (C=O) groups is 1. The predicted octanol–water partition coefficient (Wildman–Crippen LogP) is 3.09. The number of benzene rings is 2. The zero-order valence-electron chi connectivity index (χ0n) is 16.0. The third-order valence-electron chi connectivity index (χ3n) is 5.45. The number of halogens is 1. The van der Waals surface area contributed by atoms with Crippen LogP contribution in [0.25, 0.3) is 0 Å². The first-order valence-corrected chi connectivity index (χ1v) is 11.5. The number of likely N-dealkylation sites (tertiary alicyclic amines) is 1. The van der Waals surface area contributed by atoms with Crippen LogP contribution < -0.4 is 4.74 Å². The number of amides is 1. The molecular weight excluding hydrogens is 412 g/mol. The van der Waals surface area contributed by atoms with Crippen LogP contribution in [0.1, 0.15) is 24.0 Å². The van der Waals surface area contributed by atoms with E-state index in [1.165, 1.54) is 28.1 Å². The molecule has 0 unspecified atom stereocenters. The van der Waals surface area contributed by atoms with Crippen molar-refractivity contribution < 1.29 is 17.9 Å². The summed E-state index contributed by atoms with van der Waals surface area (Å²) < 4.78 is 33.1. The van der Waals surface area contributed by atoms with E-state index in [1.807, 2.05) is 24.3 Å². The average Bonchev–Trinajstić information content (AvgIpc) is 3.27. The second kappa shape index (κ2) is 8.34. The van der Waals surface area contributed by atoms with Gasteiger partial charge in [-0.05, 0) is 48.6 Å². The zero-order valence-corrected chi connectivity index (χ0v) is 17.6. The van der Waals surface area contributed by atoms with Crippen LogP contribution in [-0.4, -0.2) is 49.8 Å². The summed E-state index contributed by atoms with van der Waals surface area (Å²) in [4.78, 5) is 14.0. The molecule has 2 heterocycles. The molecule has 1 saturated heterocycles. The number of carbonyl (C=O) groups excluding carboxylic acids is 1. The Morgan fingerprint density at radius 3 is 2.48 bits per heavy atom. The first-order chi connectivity index (χ1) is 13.9. The van der Waals surface area contributed by atoms with Gasteiger partial charge >= 0.3 is 0 Å². The van der Waals surface area contributed by atoms with Crippen LogP contribution in [0.15, 0.2) is 47.4 Å². The summed E-state index contributed by atoms with van der Waals surface area (Å²) in [5, 5.41) is 0.178. The number of fused-ring (bicyclic) bond motifs is 1. The van der Waals surface area contributed by atoms with Crippen LogP contribution in [0.3, 0.4) is 0 Å². The van der Waals surface area contributed by atoms with Crippen molar-refractivity contribution >= 4 is 27.5 Å². The summed E-state index contributed by atoms with van der Waals surface area (Å²) in [7, 11) is -3.67. The lowest BCUT2D eigenvalue weighted by Crippen LogP contribution is -2.35. The quantitative estimate of drug-likeness (QED) is 0.725. The van der Waals surface area contributed by atoms with Crippen molar-refractivity contribution in [3.8, 4) is 5.75 Å². The molecule has 0 N–H and O–H groups in total. The number of rotatable bonds is 5. The van der Waals surface area contributed by atoms with Crippen LogP contribution in [0.4, 0.5) is 0 Å². The normalized spacial score (nSPS) is 17.2. The van der Waals surface area contributed by atoms with Gasteiger partial charge in [0.1, 0.15) is 5.75 Å². The maximum absolute atomic E-state index is 13.1. The van der Waals surface area contributed by atoms with E-state index in [4.69, 9.17) is 16.3 Å². The van der Waals surface area contributed by atoms with Crippen molar-refractivity contribution in [1.82, 2.24) is 9.21 Å². The van der Waals surface area contributed by atoms with Crippen molar-refractivity contribution in [1.29, 1.82) is 0 Å². The van der Waals surface area contributed by atoms with Crippen molar-refractivity contribution in [2.45, 2.75) is 30.7 Å². The fraction of sp³-hybridized carbons (Fsp3) is 0.381. The number of ether oxygens (including phenoxy) is 1. The molecule has 0 aliphatic carbocycles. The molecule has 154 valence electrons. The zero-order chi connectivity index (χ0) is 20.4. The van der Waals surface area contributed by atoms with Crippen molar-refractivity contribution in [3.05, 3.63) is 58.6 Å². The Kier molecular flexibility index (Phi) is 5.81. The third-order valence-corrected chi connectivity index (χ3v) is 7.58. The number of nitrogens with zero attached hydrogens (tertiary/aromatic N) is 2. The highest BCUT2D eigenvalue weighted by molar-refractivity contribution is 7.89. The van der Waals surface area contributed by atoms with Gasteiger partial charge in [0.2, 0.25) is 10.0 Å². The lowest BCUT2D eigenvalue weighted by atomic mass is 10.0. The molecule has 0 bridgehead atoms. The molecule has 0 radical (unpaired) electrons. The maximum atomic E-state index is 13.1. The van der Waals surface area contributed by atoms with Gasteiger partial charge in [-0.2, -0.15) is 4.31 Å². The first-order valence-electron chi connectivity index (χ1n) is 9.72. The van der Waals surface area contributed by atoms with E-state index >= 15 is 0 Å². The minimum atomic E-state index is -3.67. The lowest BCUT2D eigenvalue weighted by molar-refractivity contribution is -0.132. The van der Waals surface area contributed by atoms with Crippen molar-refractivity contribution in [2.24, 2.45) is 0 Å². The molecule has 29 heavy (non-hydrogen) atoms. The summed E-state index contributed by atoms with van der Waals surface area (Å²) in [5.41, 5.74) is 2.21. The second-order valence-electron chi connectivity index (χ2n) is 7.33. The Bertz CT molecular complexity index is 1020. The van der Waals surface area contributed by atoms with Crippen LogP contribution in [0.2, 0.25) is 5.02 Å². The summed E-state index contributed by atoms with van der Waals surface area (Å²) in [6, 6.07) is 12.3. The monoisotopic (exact) mass is 434 g/mol. The van der Waals surface area contributed by atoms with E-state index in [0.717, 1.165) is 31.5 Å². The summed E-state index contributed by atoms with van der Waals surface area (Å²) in [6.45, 7) is 2.19. The van der Waals surface area contributed by atoms with Gasteiger partial charge in [0, 0.05) is 26.2 Å². The standard InChI is InChI=1S/C21H23ClN2O4S/c22-19-13-18(7-8-20(19)28-15-21(25)23-10-3-4-11-23)29(26,27)24-12-9-16-5-1-2-6-17(16)14-24/h1-2,5-8,13H,3-4,9-12,14-15H2. The molecule has 0 spiro atoms. The Hall–Kier alpha value is -2.09. The smallest absolute Gasteiger partial charge is 0.260 e. The highest BCUT2D eigenvalue weighted by Gasteiger charge is 2.29. The molecule has 2 aromatic rings. The van der Waals surface area contributed by atoms with E-state index in [-0.39, 0.29) is 22.4 Å². The van der Waals surface area contributed by atoms with Crippen LogP contribution in [0.5, 0.6) is 5.75 Å². The molecule has 2 aromatic carbocycles. The number of sulfonamides is 1. The van der Waals surface area contributed by atoms with E-state index in [9.17, 15) is 13.2 Å². The SMILES string of the molecule is O=C(COc1ccc(S(=O)(=O)N2CCc3ccccc3C2)cc1Cl)N1CCCC1. The third kappa shape index (κ3) is 4.27. The Labute approximate surface area is 176 Å². The molecule has 0 atom stereocenters. The average molecular weight is 435 g/mol. The highest BCUT2D eigenvalue weighted by Crippen LogP contribution is 2.31. The van der Waals surface area contributed by atoms with Crippen LogP contribution in [0, 0.1) is 0 Å². The molecule has 2 aliphatic rings. The van der Waals surface area contributed by atoms with Gasteiger partial charge in [-0.25, -0.2) is 8.42 Å². The van der Waals surface area contributed by atoms with Gasteiger partial charge in [0.25, 0.3) is 5.91 Å². The van der Waals surface area contributed by atoms with Crippen molar-refractivity contribution in [3.63, 3.8) is 0 Å². The molecule has 6 nitrogen and oxygen atoms in total. The minimum absolute atomic E-state index is 0.0813.